The maximum atomic E-state index is 10.3. The molecule has 0 fully saturated rings. The van der Waals surface area contributed by atoms with Crippen molar-refractivity contribution in [3.8, 4) is 18.1 Å². The molecule has 1 aromatic rings. The molecule has 0 heterocycles. The van der Waals surface area contributed by atoms with Crippen LogP contribution in [0.1, 0.15) is 5.56 Å². The van der Waals surface area contributed by atoms with Crippen LogP contribution in [0.3, 0.4) is 0 Å². The minimum absolute atomic E-state index is 0.233. The molecule has 0 spiro atoms. The lowest BCUT2D eigenvalue weighted by Crippen LogP contribution is -1.83. The fraction of sp³-hybridized carbons (Fsp3) is 0.111. The van der Waals surface area contributed by atoms with Crippen molar-refractivity contribution in [2.24, 2.45) is 5.18 Å². The first-order valence-corrected chi connectivity index (χ1v) is 3.30. The highest BCUT2D eigenvalue weighted by molar-refractivity contribution is 5.57. The summed E-state index contributed by atoms with van der Waals surface area (Å²) in [5.74, 6) is 2.92. The monoisotopic (exact) mass is 161 g/mol. The van der Waals surface area contributed by atoms with E-state index in [1.165, 1.54) is 13.2 Å². The van der Waals surface area contributed by atoms with Crippen LogP contribution >= 0.6 is 0 Å². The first kappa shape index (κ1) is 8.28. The zero-order chi connectivity index (χ0) is 8.97. The molecule has 0 aliphatic carbocycles. The van der Waals surface area contributed by atoms with E-state index in [4.69, 9.17) is 11.2 Å². The molecule has 0 saturated heterocycles. The summed E-state index contributed by atoms with van der Waals surface area (Å²) in [6, 6.07) is 4.81. The molecule has 0 aliphatic heterocycles. The molecule has 0 N–H and O–H groups in total. The predicted octanol–water partition coefficient (Wildman–Crippen LogP) is 2.07. The normalized spacial score (nSPS) is 8.67. The van der Waals surface area contributed by atoms with Crippen molar-refractivity contribution >= 4 is 5.69 Å². The van der Waals surface area contributed by atoms with Gasteiger partial charge in [0.25, 0.3) is 0 Å². The topological polar surface area (TPSA) is 38.7 Å². The molecular formula is C9H7NO2. The van der Waals surface area contributed by atoms with Gasteiger partial charge in [0, 0.05) is 6.07 Å². The Morgan fingerprint density at radius 2 is 2.33 bits per heavy atom. The van der Waals surface area contributed by atoms with Crippen LogP contribution in [-0.2, 0) is 0 Å². The minimum Gasteiger partial charge on any atom is -0.497 e. The van der Waals surface area contributed by atoms with Crippen molar-refractivity contribution in [2.75, 3.05) is 7.11 Å². The second kappa shape index (κ2) is 3.54. The van der Waals surface area contributed by atoms with Gasteiger partial charge in [0.15, 0.2) is 0 Å². The SMILES string of the molecule is C#Cc1ccc(OC)cc1N=O. The summed E-state index contributed by atoms with van der Waals surface area (Å²) in [6.07, 6.45) is 5.13. The fourth-order valence-corrected chi connectivity index (χ4v) is 0.836. The van der Waals surface area contributed by atoms with Gasteiger partial charge in [-0.2, -0.15) is 0 Å². The van der Waals surface area contributed by atoms with Crippen LogP contribution in [0.15, 0.2) is 23.4 Å². The average molecular weight is 161 g/mol. The lowest BCUT2D eigenvalue weighted by Gasteiger charge is -2.00. The molecule has 0 radical (unpaired) electrons. The van der Waals surface area contributed by atoms with Gasteiger partial charge in [0.05, 0.1) is 12.7 Å². The van der Waals surface area contributed by atoms with Crippen LogP contribution in [0.2, 0.25) is 0 Å². The molecule has 0 atom stereocenters. The van der Waals surface area contributed by atoms with Gasteiger partial charge in [0.2, 0.25) is 0 Å². The van der Waals surface area contributed by atoms with Gasteiger partial charge in [0.1, 0.15) is 11.4 Å². The average Bonchev–Trinajstić information content (AvgIpc) is 2.16. The van der Waals surface area contributed by atoms with E-state index in [0.29, 0.717) is 11.3 Å². The van der Waals surface area contributed by atoms with Crippen LogP contribution in [-0.4, -0.2) is 7.11 Å². The maximum absolute atomic E-state index is 10.3. The molecule has 0 saturated carbocycles. The number of methoxy groups -OCH3 is 1. The first-order valence-electron chi connectivity index (χ1n) is 3.30. The summed E-state index contributed by atoms with van der Waals surface area (Å²) in [5, 5.41) is 2.78. The van der Waals surface area contributed by atoms with Crippen molar-refractivity contribution in [1.29, 1.82) is 0 Å². The number of terminal acetylenes is 1. The third-order valence-electron chi connectivity index (χ3n) is 1.46. The van der Waals surface area contributed by atoms with Crippen LogP contribution in [0, 0.1) is 17.3 Å². The summed E-state index contributed by atoms with van der Waals surface area (Å²) >= 11 is 0. The van der Waals surface area contributed by atoms with E-state index in [1.54, 1.807) is 12.1 Å². The molecule has 1 rings (SSSR count). The molecule has 0 bridgehead atoms. The highest BCUT2D eigenvalue weighted by atomic mass is 16.5. The van der Waals surface area contributed by atoms with Crippen molar-refractivity contribution in [1.82, 2.24) is 0 Å². The molecule has 0 aromatic heterocycles. The smallest absolute Gasteiger partial charge is 0.127 e. The van der Waals surface area contributed by atoms with E-state index in [0.717, 1.165) is 0 Å². The Morgan fingerprint density at radius 1 is 1.58 bits per heavy atom. The van der Waals surface area contributed by atoms with Gasteiger partial charge in [-0.15, -0.1) is 11.3 Å². The number of benzene rings is 1. The second-order valence-electron chi connectivity index (χ2n) is 2.12. The molecule has 0 unspecified atom stereocenters. The standard InChI is InChI=1S/C9H7NO2/c1-3-7-4-5-8(12-2)6-9(7)10-11/h1,4-6H,2H3. The zero-order valence-electron chi connectivity index (χ0n) is 6.57. The molecule has 3 heteroatoms. The molecule has 12 heavy (non-hydrogen) atoms. The Morgan fingerprint density at radius 3 is 2.83 bits per heavy atom. The molecule has 0 amide bonds. The number of rotatable bonds is 2. The summed E-state index contributed by atoms with van der Waals surface area (Å²) in [7, 11) is 1.51. The van der Waals surface area contributed by atoms with Crippen molar-refractivity contribution in [3.63, 3.8) is 0 Å². The second-order valence-corrected chi connectivity index (χ2v) is 2.12. The van der Waals surface area contributed by atoms with E-state index >= 15 is 0 Å². The quantitative estimate of drug-likeness (QED) is 0.492. The molecule has 0 aliphatic rings. The number of hydrogen-bond acceptors (Lipinski definition) is 3. The Balaban J connectivity index is 3.21. The number of nitrogens with zero attached hydrogens (tertiary/aromatic N) is 1. The van der Waals surface area contributed by atoms with Gasteiger partial charge in [-0.25, -0.2) is 0 Å². The first-order chi connectivity index (χ1) is 5.81. The molecule has 3 nitrogen and oxygen atoms in total. The Labute approximate surface area is 70.3 Å². The van der Waals surface area contributed by atoms with Crippen LogP contribution in [0.4, 0.5) is 5.69 Å². The van der Waals surface area contributed by atoms with Crippen molar-refractivity contribution in [2.45, 2.75) is 0 Å². The summed E-state index contributed by atoms with van der Waals surface area (Å²) in [6.45, 7) is 0. The van der Waals surface area contributed by atoms with Crippen LogP contribution in [0.25, 0.3) is 0 Å². The lowest BCUT2D eigenvalue weighted by molar-refractivity contribution is 0.415. The minimum atomic E-state index is 0.233. The number of ether oxygens (including phenoxy) is 1. The predicted molar refractivity (Wildman–Crippen MR) is 46.4 cm³/mol. The van der Waals surface area contributed by atoms with Gasteiger partial charge in [-0.05, 0) is 17.3 Å². The zero-order valence-corrected chi connectivity index (χ0v) is 6.57. The third-order valence-corrected chi connectivity index (χ3v) is 1.46. The summed E-state index contributed by atoms with van der Waals surface area (Å²) in [4.78, 5) is 10.3. The molecule has 1 aromatic carbocycles. The highest BCUT2D eigenvalue weighted by Crippen LogP contribution is 2.23. The Kier molecular flexibility index (Phi) is 2.44. The van der Waals surface area contributed by atoms with E-state index in [9.17, 15) is 4.91 Å². The van der Waals surface area contributed by atoms with Crippen LogP contribution in [0.5, 0.6) is 5.75 Å². The van der Waals surface area contributed by atoms with Crippen LogP contribution < -0.4 is 4.74 Å². The largest absolute Gasteiger partial charge is 0.497 e. The Bertz CT molecular complexity index is 339. The molecular weight excluding hydrogens is 154 g/mol. The van der Waals surface area contributed by atoms with E-state index in [2.05, 4.69) is 11.1 Å². The van der Waals surface area contributed by atoms with E-state index < -0.39 is 0 Å². The number of hydrogen-bond donors (Lipinski definition) is 0. The summed E-state index contributed by atoms with van der Waals surface area (Å²) in [5.41, 5.74) is 0.711. The van der Waals surface area contributed by atoms with Gasteiger partial charge in [-0.3, -0.25) is 0 Å². The lowest BCUT2D eigenvalue weighted by atomic mass is 10.2. The van der Waals surface area contributed by atoms with Gasteiger partial charge in [-0.1, -0.05) is 5.92 Å². The van der Waals surface area contributed by atoms with Gasteiger partial charge < -0.3 is 4.74 Å². The third kappa shape index (κ3) is 1.43. The van der Waals surface area contributed by atoms with Crippen molar-refractivity contribution < 1.29 is 4.74 Å². The fourth-order valence-electron chi connectivity index (χ4n) is 0.836. The van der Waals surface area contributed by atoms with Crippen molar-refractivity contribution in [3.05, 3.63) is 28.7 Å². The maximum Gasteiger partial charge on any atom is 0.127 e. The van der Waals surface area contributed by atoms with E-state index in [-0.39, 0.29) is 5.69 Å². The summed E-state index contributed by atoms with van der Waals surface area (Å²) < 4.78 is 4.89. The van der Waals surface area contributed by atoms with E-state index in [1.807, 2.05) is 0 Å². The highest BCUT2D eigenvalue weighted by Gasteiger charge is 2.01. The van der Waals surface area contributed by atoms with Gasteiger partial charge >= 0.3 is 0 Å². The molecule has 60 valence electrons. The Hall–Kier alpha value is -1.82. The number of nitroso groups, excluding NO2 is 1.